The van der Waals surface area contributed by atoms with Gasteiger partial charge in [0.1, 0.15) is 6.61 Å². The number of rotatable bonds is 22. The monoisotopic (exact) mass is 972 g/mol. The molecule has 1 saturated heterocycles. The van der Waals surface area contributed by atoms with Crippen molar-refractivity contribution in [2.45, 2.75) is 91.7 Å². The van der Waals surface area contributed by atoms with Gasteiger partial charge in [0.05, 0.1) is 47.6 Å². The Balaban J connectivity index is 1.29. The number of allylic oxidation sites excluding steroid dienone is 6. The van der Waals surface area contributed by atoms with Crippen LogP contribution >= 0.6 is 12.0 Å². The summed E-state index contributed by atoms with van der Waals surface area (Å²) < 4.78 is 87.7. The van der Waals surface area contributed by atoms with Crippen molar-refractivity contribution in [3.8, 4) is 0 Å². The molecule has 3 aromatic rings. The van der Waals surface area contributed by atoms with E-state index in [1.165, 1.54) is 31.4 Å². The van der Waals surface area contributed by atoms with Gasteiger partial charge in [-0.15, -0.1) is 9.40 Å². The summed E-state index contributed by atoms with van der Waals surface area (Å²) in [6, 6.07) is 11.0. The fourth-order valence-corrected chi connectivity index (χ4v) is 10.2. The Labute approximate surface area is 388 Å². The first kappa shape index (κ1) is 50.6. The summed E-state index contributed by atoms with van der Waals surface area (Å²) in [4.78, 5) is 47.5. The number of imide groups is 1. The number of methoxy groups -OCH3 is 1. The molecule has 66 heavy (non-hydrogen) atoms. The van der Waals surface area contributed by atoms with Crippen molar-refractivity contribution < 1.29 is 73.5 Å². The van der Waals surface area contributed by atoms with Gasteiger partial charge in [-0.25, -0.2) is 9.68 Å². The van der Waals surface area contributed by atoms with Gasteiger partial charge in [-0.05, 0) is 85.5 Å². The largest absolute Gasteiger partial charge is 0.382 e. The standard InChI is InChI=1S/C45H53N3O15S3/c1-44(2)34-28-30(65(52,53)54)16-18-35(34)46(22-12-8-11-15-42(51)61-48-40(49)20-21-41(48)50)38(44)13-9-7-10-14-39-45(3,4)43-33-27-31(66(55,56)57)29-37(64-63-62-59-6)32(33)17-19-36(43)47(39)23-24-60-26-25-58-5/h7,9-10,13-14,16-19,27-29H,8,11-12,15,20-26H2,1-6H3,(H-,52,53,54,55,56,57)/p+1. The van der Waals surface area contributed by atoms with Gasteiger partial charge in [-0.2, -0.15) is 21.4 Å². The van der Waals surface area contributed by atoms with E-state index in [9.17, 15) is 40.3 Å². The zero-order valence-corrected chi connectivity index (χ0v) is 39.9. The minimum atomic E-state index is -4.64. The maximum Gasteiger partial charge on any atom is 0.333 e. The van der Waals surface area contributed by atoms with E-state index in [-0.39, 0.29) is 29.1 Å². The average Bonchev–Trinajstić information content (AvgIpc) is 3.77. The number of benzene rings is 3. The zero-order chi connectivity index (χ0) is 48.0. The quantitative estimate of drug-likeness (QED) is 0.0153. The van der Waals surface area contributed by atoms with Gasteiger partial charge in [-0.1, -0.05) is 43.5 Å². The molecular weight excluding hydrogens is 919 g/mol. The van der Waals surface area contributed by atoms with Crippen LogP contribution in [0.1, 0.15) is 77.3 Å². The predicted molar refractivity (Wildman–Crippen MR) is 243 cm³/mol. The average molecular weight is 973 g/mol. The van der Waals surface area contributed by atoms with Crippen LogP contribution < -0.4 is 4.90 Å². The predicted octanol–water partition coefficient (Wildman–Crippen LogP) is 6.85. The highest BCUT2D eigenvalue weighted by Crippen LogP contribution is 2.49. The molecule has 0 atom stereocenters. The SMILES string of the molecule is COCCOCC[N+]1=C(/C=C/C=C/C=C2/N(CCCCCC(=O)ON3C(=O)CCC3=O)c3ccc(S(=O)(=O)O)cc3C2(C)C)C(C)(C)c2c1ccc1c(SOOOC)cc(S(=O)(=O)O)cc21. The zero-order valence-electron chi connectivity index (χ0n) is 37.5. The number of amides is 2. The number of anilines is 1. The van der Waals surface area contributed by atoms with E-state index in [0.29, 0.717) is 78.5 Å². The lowest BCUT2D eigenvalue weighted by molar-refractivity contribution is -0.447. The van der Waals surface area contributed by atoms with E-state index in [1.54, 1.807) is 13.2 Å². The summed E-state index contributed by atoms with van der Waals surface area (Å²) in [6.45, 7) is 10.1. The number of unbranched alkanes of at least 4 members (excludes halogenated alkanes) is 2. The summed E-state index contributed by atoms with van der Waals surface area (Å²) in [6.07, 6.45) is 11.2. The molecule has 0 saturated carbocycles. The van der Waals surface area contributed by atoms with Crippen LogP contribution in [0.4, 0.5) is 11.4 Å². The topological polar surface area (TPSA) is 225 Å². The molecule has 356 valence electrons. The summed E-state index contributed by atoms with van der Waals surface area (Å²) in [5.74, 6) is -1.75. The molecule has 3 heterocycles. The van der Waals surface area contributed by atoms with Gasteiger partial charge < -0.3 is 19.2 Å². The molecule has 0 bridgehead atoms. The molecule has 0 radical (unpaired) electrons. The first-order chi connectivity index (χ1) is 31.2. The van der Waals surface area contributed by atoms with E-state index in [1.807, 2.05) is 70.2 Å². The summed E-state index contributed by atoms with van der Waals surface area (Å²) in [5, 5.41) is 6.34. The molecule has 2 N–H and O–H groups in total. The van der Waals surface area contributed by atoms with Crippen LogP contribution in [0.25, 0.3) is 10.8 Å². The Morgan fingerprint density at radius 2 is 1.56 bits per heavy atom. The summed E-state index contributed by atoms with van der Waals surface area (Å²) >= 11 is 0.731. The molecular formula is C45H54N3O15S3+. The fourth-order valence-electron chi connectivity index (χ4n) is 8.51. The van der Waals surface area contributed by atoms with Crippen LogP contribution in [0.15, 0.2) is 93.2 Å². The molecule has 3 aliphatic heterocycles. The Kier molecular flexibility index (Phi) is 16.1. The van der Waals surface area contributed by atoms with E-state index in [4.69, 9.17) is 18.6 Å². The number of nitrogens with zero attached hydrogens (tertiary/aromatic N) is 3. The Bertz CT molecular complexity index is 2710. The van der Waals surface area contributed by atoms with Crippen molar-refractivity contribution in [2.75, 3.05) is 52.0 Å². The molecule has 1 fully saturated rings. The van der Waals surface area contributed by atoms with Crippen LogP contribution in [-0.4, -0.2) is 106 Å². The van der Waals surface area contributed by atoms with E-state index in [0.717, 1.165) is 40.4 Å². The smallest absolute Gasteiger partial charge is 0.333 e. The van der Waals surface area contributed by atoms with Crippen LogP contribution in [0, 0.1) is 0 Å². The normalized spacial score (nSPS) is 17.7. The van der Waals surface area contributed by atoms with E-state index in [2.05, 4.69) is 19.4 Å². The van der Waals surface area contributed by atoms with Gasteiger partial charge in [0.15, 0.2) is 12.3 Å². The Hall–Kier alpha value is -4.81. The van der Waals surface area contributed by atoms with Gasteiger partial charge in [0.25, 0.3) is 32.1 Å². The van der Waals surface area contributed by atoms with Crippen molar-refractivity contribution in [1.82, 2.24) is 5.06 Å². The number of ether oxygens (including phenoxy) is 2. The van der Waals surface area contributed by atoms with Crippen LogP contribution in [0.5, 0.6) is 0 Å². The molecule has 6 rings (SSSR count). The second-order valence-corrected chi connectivity index (χ2v) is 20.3. The third-order valence-corrected chi connectivity index (χ3v) is 14.0. The number of hydroxylamine groups is 2. The van der Waals surface area contributed by atoms with Gasteiger partial charge in [0.2, 0.25) is 5.69 Å². The van der Waals surface area contributed by atoms with E-state index < -0.39 is 48.8 Å². The Morgan fingerprint density at radius 1 is 0.833 bits per heavy atom. The number of fused-ring (bicyclic) bond motifs is 4. The Morgan fingerprint density at radius 3 is 2.24 bits per heavy atom. The lowest BCUT2D eigenvalue weighted by Crippen LogP contribution is -2.32. The minimum Gasteiger partial charge on any atom is -0.382 e. The first-order valence-electron chi connectivity index (χ1n) is 21.1. The van der Waals surface area contributed by atoms with Gasteiger partial charge in [-0.3, -0.25) is 18.7 Å². The molecule has 0 spiro atoms. The van der Waals surface area contributed by atoms with E-state index >= 15 is 0 Å². The molecule has 3 aliphatic rings. The highest BCUT2D eigenvalue weighted by atomic mass is 32.2. The second-order valence-electron chi connectivity index (χ2n) is 16.7. The highest BCUT2D eigenvalue weighted by Gasteiger charge is 2.46. The molecule has 18 nitrogen and oxygen atoms in total. The third kappa shape index (κ3) is 11.1. The van der Waals surface area contributed by atoms with Crippen LogP contribution in [-0.2, 0) is 74.0 Å². The van der Waals surface area contributed by atoms with Crippen LogP contribution in [0.3, 0.4) is 0 Å². The molecule has 0 unspecified atom stereocenters. The molecule has 21 heteroatoms. The number of carbonyl (C=O) groups is 3. The molecule has 0 aromatic heterocycles. The summed E-state index contributed by atoms with van der Waals surface area (Å²) in [5.41, 5.74) is 3.39. The van der Waals surface area contributed by atoms with Crippen molar-refractivity contribution in [1.29, 1.82) is 0 Å². The third-order valence-electron chi connectivity index (χ3n) is 11.7. The van der Waals surface area contributed by atoms with Crippen molar-refractivity contribution in [3.63, 3.8) is 0 Å². The molecule has 2 amide bonds. The van der Waals surface area contributed by atoms with Crippen molar-refractivity contribution in [2.24, 2.45) is 0 Å². The molecule has 0 aliphatic carbocycles. The maximum atomic E-state index is 12.5. The van der Waals surface area contributed by atoms with Gasteiger partial charge >= 0.3 is 5.97 Å². The second kappa shape index (κ2) is 21.0. The fraction of sp³-hybridized carbons (Fsp3) is 0.422. The van der Waals surface area contributed by atoms with Gasteiger partial charge in [0, 0.05) is 72.3 Å². The number of hydrogen-bond acceptors (Lipinski definition) is 15. The number of hydrogen-bond donors (Lipinski definition) is 2. The lowest BCUT2D eigenvalue weighted by atomic mass is 9.79. The summed E-state index contributed by atoms with van der Waals surface area (Å²) in [7, 11) is -6.28. The van der Waals surface area contributed by atoms with Crippen molar-refractivity contribution >= 4 is 77.9 Å². The minimum absolute atomic E-state index is 0.00893. The van der Waals surface area contributed by atoms with Crippen LogP contribution in [0.2, 0.25) is 0 Å². The van der Waals surface area contributed by atoms with Crippen molar-refractivity contribution in [3.05, 3.63) is 89.7 Å². The number of carbonyl (C=O) groups excluding carboxylic acids is 3. The molecule has 3 aromatic carbocycles. The maximum absolute atomic E-state index is 12.5. The highest BCUT2D eigenvalue weighted by molar-refractivity contribution is 7.94. The lowest BCUT2D eigenvalue weighted by Gasteiger charge is -2.27. The first-order valence-corrected chi connectivity index (χ1v) is 24.7.